The van der Waals surface area contributed by atoms with E-state index < -0.39 is 29.0 Å². The molecule has 0 aliphatic heterocycles. The van der Waals surface area contributed by atoms with Crippen LogP contribution in [0.25, 0.3) is 5.82 Å². The fourth-order valence-corrected chi connectivity index (χ4v) is 2.13. The number of carbonyl (C=O) groups is 2. The number of hydrogen-bond acceptors (Lipinski definition) is 5. The first-order chi connectivity index (χ1) is 11.7. The van der Waals surface area contributed by atoms with Crippen LogP contribution in [0, 0.1) is 5.41 Å². The molecule has 0 spiro atoms. The van der Waals surface area contributed by atoms with Gasteiger partial charge in [0, 0.05) is 12.7 Å². The van der Waals surface area contributed by atoms with Gasteiger partial charge in [-0.15, -0.1) is 5.10 Å². The molecule has 0 radical (unpaired) electrons. The molecule has 1 aliphatic rings. The van der Waals surface area contributed by atoms with Crippen LogP contribution in [0.4, 0.5) is 13.2 Å². The van der Waals surface area contributed by atoms with Crippen molar-refractivity contribution in [3.05, 3.63) is 35.8 Å². The number of amides is 1. The summed E-state index contributed by atoms with van der Waals surface area (Å²) >= 11 is 0. The third kappa shape index (κ3) is 3.44. The zero-order chi connectivity index (χ0) is 18.2. The van der Waals surface area contributed by atoms with Crippen LogP contribution >= 0.6 is 0 Å². The summed E-state index contributed by atoms with van der Waals surface area (Å²) in [6.07, 6.45) is -1.66. The third-order valence-corrected chi connectivity index (χ3v) is 3.93. The molecule has 25 heavy (non-hydrogen) atoms. The Bertz CT molecular complexity index is 812. The van der Waals surface area contributed by atoms with Gasteiger partial charge in [-0.1, -0.05) is 5.21 Å². The molecule has 1 saturated carbocycles. The van der Waals surface area contributed by atoms with Crippen LogP contribution in [-0.2, 0) is 11.0 Å². The van der Waals surface area contributed by atoms with Crippen molar-refractivity contribution < 1.29 is 27.9 Å². The third-order valence-electron chi connectivity index (χ3n) is 3.93. The zero-order valence-electron chi connectivity index (χ0n) is 12.6. The van der Waals surface area contributed by atoms with E-state index in [9.17, 15) is 22.8 Å². The lowest BCUT2D eigenvalue weighted by Crippen LogP contribution is -2.34. The Morgan fingerprint density at radius 3 is 2.56 bits per heavy atom. The van der Waals surface area contributed by atoms with Crippen molar-refractivity contribution in [3.8, 4) is 5.82 Å². The maximum atomic E-state index is 12.5. The molecular weight excluding hydrogens is 343 g/mol. The van der Waals surface area contributed by atoms with E-state index in [0.717, 1.165) is 16.8 Å². The summed E-state index contributed by atoms with van der Waals surface area (Å²) in [6, 6.07) is 1.94. The molecule has 11 heteroatoms. The Kier molecular flexibility index (Phi) is 3.93. The van der Waals surface area contributed by atoms with Gasteiger partial charge in [0.25, 0.3) is 5.91 Å². The number of carboxylic acids is 1. The molecule has 2 N–H and O–H groups in total. The Hall–Kier alpha value is -2.98. The highest BCUT2D eigenvalue weighted by Gasteiger charge is 2.50. The highest BCUT2D eigenvalue weighted by molar-refractivity contribution is 5.92. The number of aliphatic carboxylic acids is 1. The first-order valence-corrected chi connectivity index (χ1v) is 7.19. The standard InChI is InChI=1S/C14H12F3N5O3/c15-14(16,17)8-1-2-10(18-5-8)22-6-9(20-21-22)11(23)19-7-13(3-4-13)12(24)25/h1-2,5-6H,3-4,7H2,(H,19,23)(H,24,25). The van der Waals surface area contributed by atoms with Gasteiger partial charge in [-0.25, -0.2) is 9.67 Å². The first kappa shape index (κ1) is 16.9. The Balaban J connectivity index is 1.68. The quantitative estimate of drug-likeness (QED) is 0.836. The number of rotatable bonds is 5. The van der Waals surface area contributed by atoms with E-state index in [4.69, 9.17) is 5.11 Å². The van der Waals surface area contributed by atoms with Crippen LogP contribution in [0.2, 0.25) is 0 Å². The molecule has 0 unspecified atom stereocenters. The maximum absolute atomic E-state index is 12.5. The predicted molar refractivity (Wildman–Crippen MR) is 75.8 cm³/mol. The van der Waals surface area contributed by atoms with Crippen molar-refractivity contribution >= 4 is 11.9 Å². The summed E-state index contributed by atoms with van der Waals surface area (Å²) in [4.78, 5) is 26.7. The summed E-state index contributed by atoms with van der Waals surface area (Å²) in [5.41, 5.74) is -1.92. The van der Waals surface area contributed by atoms with Crippen LogP contribution < -0.4 is 5.32 Å². The van der Waals surface area contributed by atoms with Gasteiger partial charge in [-0.3, -0.25) is 9.59 Å². The van der Waals surface area contributed by atoms with Crippen molar-refractivity contribution in [3.63, 3.8) is 0 Å². The van der Waals surface area contributed by atoms with Gasteiger partial charge < -0.3 is 10.4 Å². The fraction of sp³-hybridized carbons (Fsp3) is 0.357. The second-order valence-corrected chi connectivity index (χ2v) is 5.72. The SMILES string of the molecule is O=C(NCC1(C(=O)O)CC1)c1cn(-c2ccc(C(F)(F)F)cn2)nn1. The number of nitrogens with zero attached hydrogens (tertiary/aromatic N) is 4. The molecule has 2 aromatic heterocycles. The minimum Gasteiger partial charge on any atom is -0.481 e. The summed E-state index contributed by atoms with van der Waals surface area (Å²) in [5.74, 6) is -1.53. The minimum atomic E-state index is -4.50. The first-order valence-electron chi connectivity index (χ1n) is 7.19. The normalized spacial score (nSPS) is 15.6. The van der Waals surface area contributed by atoms with Gasteiger partial charge in [-0.2, -0.15) is 13.2 Å². The van der Waals surface area contributed by atoms with Gasteiger partial charge in [-0.05, 0) is 25.0 Å². The molecule has 132 valence electrons. The van der Waals surface area contributed by atoms with E-state index in [1.807, 2.05) is 0 Å². The Morgan fingerprint density at radius 1 is 1.32 bits per heavy atom. The lowest BCUT2D eigenvalue weighted by atomic mass is 10.1. The Morgan fingerprint density at radius 2 is 2.04 bits per heavy atom. The van der Waals surface area contributed by atoms with E-state index in [-0.39, 0.29) is 18.1 Å². The van der Waals surface area contributed by atoms with Gasteiger partial charge in [0.15, 0.2) is 11.5 Å². The molecule has 1 fully saturated rings. The number of carbonyl (C=O) groups excluding carboxylic acids is 1. The Labute approximate surface area is 138 Å². The molecule has 1 aliphatic carbocycles. The maximum Gasteiger partial charge on any atom is 0.417 e. The molecule has 2 aromatic rings. The number of halogens is 3. The topological polar surface area (TPSA) is 110 Å². The molecular formula is C14H12F3N5O3. The lowest BCUT2D eigenvalue weighted by molar-refractivity contribution is -0.143. The van der Waals surface area contributed by atoms with E-state index in [0.29, 0.717) is 19.0 Å². The van der Waals surface area contributed by atoms with Crippen LogP contribution in [-0.4, -0.2) is 43.5 Å². The van der Waals surface area contributed by atoms with Gasteiger partial charge in [0.2, 0.25) is 0 Å². The van der Waals surface area contributed by atoms with E-state index >= 15 is 0 Å². The molecule has 2 heterocycles. The van der Waals surface area contributed by atoms with Gasteiger partial charge in [0.05, 0.1) is 17.2 Å². The smallest absolute Gasteiger partial charge is 0.417 e. The van der Waals surface area contributed by atoms with Crippen LogP contribution in [0.5, 0.6) is 0 Å². The predicted octanol–water partition coefficient (Wildman–Crippen LogP) is 1.28. The molecule has 8 nitrogen and oxygen atoms in total. The van der Waals surface area contributed by atoms with E-state index in [1.54, 1.807) is 0 Å². The number of nitrogens with one attached hydrogen (secondary N) is 1. The lowest BCUT2D eigenvalue weighted by Gasteiger charge is -2.09. The molecule has 0 aromatic carbocycles. The summed E-state index contributed by atoms with van der Waals surface area (Å²) in [5, 5.41) is 18.8. The van der Waals surface area contributed by atoms with Crippen molar-refractivity contribution in [2.75, 3.05) is 6.54 Å². The fourth-order valence-electron chi connectivity index (χ4n) is 2.13. The second-order valence-electron chi connectivity index (χ2n) is 5.72. The van der Waals surface area contributed by atoms with Crippen molar-refractivity contribution in [1.29, 1.82) is 0 Å². The van der Waals surface area contributed by atoms with Crippen molar-refractivity contribution in [1.82, 2.24) is 25.3 Å². The van der Waals surface area contributed by atoms with Crippen molar-refractivity contribution in [2.45, 2.75) is 19.0 Å². The number of aromatic nitrogens is 4. The largest absolute Gasteiger partial charge is 0.481 e. The molecule has 1 amide bonds. The summed E-state index contributed by atoms with van der Waals surface area (Å²) < 4.78 is 38.6. The van der Waals surface area contributed by atoms with Gasteiger partial charge in [0.1, 0.15) is 0 Å². The van der Waals surface area contributed by atoms with E-state index in [1.165, 1.54) is 6.20 Å². The van der Waals surface area contributed by atoms with Crippen LogP contribution in [0.15, 0.2) is 24.5 Å². The monoisotopic (exact) mass is 355 g/mol. The summed E-state index contributed by atoms with van der Waals surface area (Å²) in [7, 11) is 0. The van der Waals surface area contributed by atoms with Crippen LogP contribution in [0.3, 0.4) is 0 Å². The molecule has 0 saturated heterocycles. The number of pyridine rings is 1. The number of hydrogen-bond donors (Lipinski definition) is 2. The van der Waals surface area contributed by atoms with Crippen LogP contribution in [0.1, 0.15) is 28.9 Å². The van der Waals surface area contributed by atoms with Crippen molar-refractivity contribution in [2.24, 2.45) is 5.41 Å². The highest BCUT2D eigenvalue weighted by Crippen LogP contribution is 2.45. The molecule has 0 atom stereocenters. The second kappa shape index (κ2) is 5.83. The molecule has 3 rings (SSSR count). The average Bonchev–Trinajstić information content (AvgIpc) is 3.20. The number of alkyl halides is 3. The highest BCUT2D eigenvalue weighted by atomic mass is 19.4. The zero-order valence-corrected chi connectivity index (χ0v) is 12.6. The van der Waals surface area contributed by atoms with Gasteiger partial charge >= 0.3 is 12.1 Å². The number of carboxylic acid groups (broad SMARTS) is 1. The van der Waals surface area contributed by atoms with E-state index in [2.05, 4.69) is 20.6 Å². The average molecular weight is 355 g/mol. The summed E-state index contributed by atoms with van der Waals surface area (Å²) in [6.45, 7) is -0.0213. The minimum absolute atomic E-state index is 0.0213. The molecule has 0 bridgehead atoms.